The predicted octanol–water partition coefficient (Wildman–Crippen LogP) is 3.29. The van der Waals surface area contributed by atoms with E-state index in [0.29, 0.717) is 11.4 Å². The van der Waals surface area contributed by atoms with Crippen molar-refractivity contribution in [3.05, 3.63) is 54.2 Å². The summed E-state index contributed by atoms with van der Waals surface area (Å²) in [5.41, 5.74) is 2.18. The van der Waals surface area contributed by atoms with Crippen LogP contribution in [-0.4, -0.2) is 20.5 Å². The number of rotatable bonds is 4. The average molecular weight is 316 g/mol. The minimum Gasteiger partial charge on any atom is -0.495 e. The van der Waals surface area contributed by atoms with Gasteiger partial charge in [-0.3, -0.25) is 4.72 Å². The average Bonchev–Trinajstić information content (AvgIpc) is 2.96. The first-order valence-corrected chi connectivity index (χ1v) is 8.23. The highest BCUT2D eigenvalue weighted by atomic mass is 32.2. The van der Waals surface area contributed by atoms with E-state index in [4.69, 9.17) is 4.74 Å². The van der Waals surface area contributed by atoms with Crippen LogP contribution >= 0.6 is 0 Å². The Morgan fingerprint density at radius 3 is 2.73 bits per heavy atom. The zero-order valence-electron chi connectivity index (χ0n) is 12.3. The number of para-hydroxylation sites is 1. The molecule has 6 heteroatoms. The van der Waals surface area contributed by atoms with Crippen molar-refractivity contribution in [3.63, 3.8) is 0 Å². The smallest absolute Gasteiger partial charge is 0.265 e. The predicted molar refractivity (Wildman–Crippen MR) is 86.8 cm³/mol. The molecule has 114 valence electrons. The molecule has 0 spiro atoms. The number of hydrogen-bond acceptors (Lipinski definition) is 3. The van der Waals surface area contributed by atoms with Gasteiger partial charge in [-0.15, -0.1) is 0 Å². The number of anilines is 1. The van der Waals surface area contributed by atoms with E-state index in [9.17, 15) is 8.42 Å². The topological polar surface area (TPSA) is 71.2 Å². The van der Waals surface area contributed by atoms with Crippen molar-refractivity contribution in [2.75, 3.05) is 11.8 Å². The lowest BCUT2D eigenvalue weighted by Crippen LogP contribution is -2.14. The fraction of sp³-hybridized carbons (Fsp3) is 0.125. The minimum absolute atomic E-state index is 0.115. The molecular formula is C16H16N2O3S. The van der Waals surface area contributed by atoms with Gasteiger partial charge in [-0.1, -0.05) is 18.2 Å². The first-order chi connectivity index (χ1) is 10.5. The van der Waals surface area contributed by atoms with Gasteiger partial charge in [0.2, 0.25) is 0 Å². The van der Waals surface area contributed by atoms with Crippen LogP contribution < -0.4 is 9.46 Å². The maximum atomic E-state index is 12.7. The maximum absolute atomic E-state index is 12.7. The molecule has 0 bridgehead atoms. The number of ether oxygens (including phenoxy) is 1. The summed E-state index contributed by atoms with van der Waals surface area (Å²) in [4.78, 5) is 3.16. The number of methoxy groups -OCH3 is 1. The Hall–Kier alpha value is -2.47. The number of aromatic nitrogens is 1. The molecule has 2 N–H and O–H groups in total. The van der Waals surface area contributed by atoms with Gasteiger partial charge in [-0.2, -0.15) is 0 Å². The molecule has 1 aromatic heterocycles. The highest BCUT2D eigenvalue weighted by Gasteiger charge is 2.20. The van der Waals surface area contributed by atoms with Crippen LogP contribution in [0.15, 0.2) is 53.6 Å². The highest BCUT2D eigenvalue weighted by Crippen LogP contribution is 2.29. The van der Waals surface area contributed by atoms with E-state index >= 15 is 0 Å². The van der Waals surface area contributed by atoms with Crippen molar-refractivity contribution in [2.24, 2.45) is 0 Å². The molecule has 22 heavy (non-hydrogen) atoms. The molecule has 0 fully saturated rings. The summed E-state index contributed by atoms with van der Waals surface area (Å²) in [5.74, 6) is 0.325. The number of hydrogen-bond donors (Lipinski definition) is 2. The Labute approximate surface area is 129 Å². The largest absolute Gasteiger partial charge is 0.495 e. The van der Waals surface area contributed by atoms with E-state index in [2.05, 4.69) is 9.71 Å². The van der Waals surface area contributed by atoms with Crippen molar-refractivity contribution in [3.8, 4) is 5.75 Å². The van der Waals surface area contributed by atoms with Gasteiger partial charge >= 0.3 is 0 Å². The van der Waals surface area contributed by atoms with Gasteiger partial charge in [0.25, 0.3) is 10.0 Å². The van der Waals surface area contributed by atoms with Gasteiger partial charge in [0.05, 0.1) is 18.3 Å². The molecule has 5 nitrogen and oxygen atoms in total. The Morgan fingerprint density at radius 1 is 1.14 bits per heavy atom. The van der Waals surface area contributed by atoms with E-state index in [1.54, 1.807) is 36.5 Å². The molecule has 0 unspecified atom stereocenters. The summed E-state index contributed by atoms with van der Waals surface area (Å²) >= 11 is 0. The molecule has 0 atom stereocenters. The third kappa shape index (κ3) is 2.53. The molecule has 0 aliphatic rings. The molecule has 0 aliphatic heterocycles. The summed E-state index contributed by atoms with van der Waals surface area (Å²) in [7, 11) is -2.28. The number of aromatic amines is 1. The van der Waals surface area contributed by atoms with E-state index in [1.807, 2.05) is 19.1 Å². The number of benzene rings is 2. The summed E-state index contributed by atoms with van der Waals surface area (Å²) < 4.78 is 33.1. The van der Waals surface area contributed by atoms with E-state index < -0.39 is 10.0 Å². The number of aryl methyl sites for hydroxylation is 1. The molecule has 0 aliphatic carbocycles. The third-order valence-electron chi connectivity index (χ3n) is 3.44. The Morgan fingerprint density at radius 2 is 1.95 bits per heavy atom. The molecule has 3 rings (SSSR count). The highest BCUT2D eigenvalue weighted by molar-refractivity contribution is 7.92. The molecule has 0 saturated carbocycles. The Bertz CT molecular complexity index is 929. The van der Waals surface area contributed by atoms with E-state index in [-0.39, 0.29) is 4.90 Å². The maximum Gasteiger partial charge on any atom is 0.265 e. The zero-order chi connectivity index (χ0) is 15.7. The second kappa shape index (κ2) is 5.38. The fourth-order valence-electron chi connectivity index (χ4n) is 2.37. The summed E-state index contributed by atoms with van der Waals surface area (Å²) in [5, 5.41) is 0.941. The molecule has 0 radical (unpaired) electrons. The van der Waals surface area contributed by atoms with Crippen LogP contribution in [0.3, 0.4) is 0 Å². The van der Waals surface area contributed by atoms with E-state index in [0.717, 1.165) is 16.5 Å². The third-order valence-corrected chi connectivity index (χ3v) is 4.85. The molecule has 0 amide bonds. The van der Waals surface area contributed by atoms with Crippen molar-refractivity contribution < 1.29 is 13.2 Å². The minimum atomic E-state index is -3.74. The quantitative estimate of drug-likeness (QED) is 0.776. The van der Waals surface area contributed by atoms with Crippen LogP contribution in [-0.2, 0) is 10.0 Å². The SMILES string of the molecule is COc1cc(C)ccc1S(=O)(=O)Nc1cccc2cc[nH]c12. The second-order valence-corrected chi connectivity index (χ2v) is 6.66. The van der Waals surface area contributed by atoms with Crippen LogP contribution in [0.5, 0.6) is 5.75 Å². The van der Waals surface area contributed by atoms with Gasteiger partial charge in [0, 0.05) is 11.6 Å². The lowest BCUT2D eigenvalue weighted by molar-refractivity contribution is 0.402. The lowest BCUT2D eigenvalue weighted by atomic mass is 10.2. The first-order valence-electron chi connectivity index (χ1n) is 6.75. The van der Waals surface area contributed by atoms with Gasteiger partial charge in [-0.05, 0) is 36.8 Å². The number of fused-ring (bicyclic) bond motifs is 1. The molecular weight excluding hydrogens is 300 g/mol. The van der Waals surface area contributed by atoms with Crippen LogP contribution in [0.4, 0.5) is 5.69 Å². The first kappa shape index (κ1) is 14.5. The van der Waals surface area contributed by atoms with Crippen LogP contribution in [0.1, 0.15) is 5.56 Å². The molecule has 2 aromatic carbocycles. The second-order valence-electron chi connectivity index (χ2n) is 5.01. The van der Waals surface area contributed by atoms with Crippen LogP contribution in [0.25, 0.3) is 10.9 Å². The van der Waals surface area contributed by atoms with Crippen molar-refractivity contribution >= 4 is 26.6 Å². The zero-order valence-corrected chi connectivity index (χ0v) is 13.1. The number of nitrogens with one attached hydrogen (secondary N) is 2. The monoisotopic (exact) mass is 316 g/mol. The summed E-state index contributed by atoms with van der Waals surface area (Å²) in [6, 6.07) is 12.3. The van der Waals surface area contributed by atoms with Gasteiger partial charge in [-0.25, -0.2) is 8.42 Å². The summed E-state index contributed by atoms with van der Waals surface area (Å²) in [6.45, 7) is 1.88. The Balaban J connectivity index is 2.06. The Kier molecular flexibility index (Phi) is 3.54. The van der Waals surface area contributed by atoms with Gasteiger partial charge in [0.15, 0.2) is 0 Å². The molecule has 1 heterocycles. The van der Waals surface area contributed by atoms with Crippen molar-refractivity contribution in [1.29, 1.82) is 0 Å². The van der Waals surface area contributed by atoms with Gasteiger partial charge in [0.1, 0.15) is 10.6 Å². The number of H-pyrrole nitrogens is 1. The number of sulfonamides is 1. The summed E-state index contributed by atoms with van der Waals surface area (Å²) in [6.07, 6.45) is 1.77. The standard InChI is InChI=1S/C16H16N2O3S/c1-11-6-7-15(14(10-11)21-2)22(19,20)18-13-5-3-4-12-8-9-17-16(12)13/h3-10,17-18H,1-2H3. The fourth-order valence-corrected chi connectivity index (χ4v) is 3.59. The van der Waals surface area contributed by atoms with Crippen LogP contribution in [0.2, 0.25) is 0 Å². The molecule has 3 aromatic rings. The molecule has 0 saturated heterocycles. The van der Waals surface area contributed by atoms with Crippen LogP contribution in [0, 0.1) is 6.92 Å². The van der Waals surface area contributed by atoms with Crippen molar-refractivity contribution in [2.45, 2.75) is 11.8 Å². The van der Waals surface area contributed by atoms with Gasteiger partial charge < -0.3 is 9.72 Å². The van der Waals surface area contributed by atoms with E-state index in [1.165, 1.54) is 7.11 Å². The lowest BCUT2D eigenvalue weighted by Gasteiger charge is -2.12. The normalized spacial score (nSPS) is 11.5. The van der Waals surface area contributed by atoms with Crippen molar-refractivity contribution in [1.82, 2.24) is 4.98 Å².